The molecule has 1 heterocycles. The lowest BCUT2D eigenvalue weighted by Crippen LogP contribution is -2.23. The number of nitrogens with zero attached hydrogens (tertiary/aromatic N) is 1. The highest BCUT2D eigenvalue weighted by atomic mass is 16.2. The fourth-order valence-electron chi connectivity index (χ4n) is 2.05. The molecule has 1 aromatic rings. The average molecular weight is 274 g/mol. The van der Waals surface area contributed by atoms with Gasteiger partial charge in [0.2, 0.25) is 5.91 Å². The Hall–Kier alpha value is -1.86. The van der Waals surface area contributed by atoms with Gasteiger partial charge in [0.1, 0.15) is 12.4 Å². The second-order valence-corrected chi connectivity index (χ2v) is 4.65. The van der Waals surface area contributed by atoms with Gasteiger partial charge in [-0.3, -0.25) is 4.79 Å². The molecule has 0 spiro atoms. The molecule has 20 heavy (non-hydrogen) atoms. The van der Waals surface area contributed by atoms with Gasteiger partial charge < -0.3 is 10.4 Å². The van der Waals surface area contributed by atoms with Crippen molar-refractivity contribution in [1.29, 1.82) is 0 Å². The number of aliphatic hydroxyl groups excluding tert-OH is 1. The minimum atomic E-state index is -0.181. The normalized spacial score (nSPS) is 10.0. The zero-order valence-electron chi connectivity index (χ0n) is 12.1. The van der Waals surface area contributed by atoms with Crippen LogP contribution in [0.5, 0.6) is 0 Å². The minimum absolute atomic E-state index is 0.0217. The maximum atomic E-state index is 12.2. The highest BCUT2D eigenvalue weighted by Crippen LogP contribution is 2.16. The van der Waals surface area contributed by atoms with Crippen molar-refractivity contribution in [2.45, 2.75) is 39.5 Å². The first kappa shape index (κ1) is 16.2. The molecule has 0 bridgehead atoms. The third kappa shape index (κ3) is 5.41. The number of anilines is 1. The van der Waals surface area contributed by atoms with Crippen LogP contribution in [0.25, 0.3) is 0 Å². The van der Waals surface area contributed by atoms with Gasteiger partial charge in [-0.1, -0.05) is 38.5 Å². The van der Waals surface area contributed by atoms with Crippen molar-refractivity contribution in [3.8, 4) is 11.8 Å². The van der Waals surface area contributed by atoms with Crippen LogP contribution in [0, 0.1) is 17.8 Å². The van der Waals surface area contributed by atoms with Crippen LogP contribution in [0.1, 0.15) is 45.1 Å². The Bertz CT molecular complexity index is 483. The van der Waals surface area contributed by atoms with Crippen LogP contribution in [-0.2, 0) is 4.79 Å². The summed E-state index contributed by atoms with van der Waals surface area (Å²) in [5.41, 5.74) is 0.729. The largest absolute Gasteiger partial charge is 0.384 e. The van der Waals surface area contributed by atoms with E-state index >= 15 is 0 Å². The number of pyridine rings is 1. The van der Waals surface area contributed by atoms with Crippen molar-refractivity contribution in [1.82, 2.24) is 4.98 Å². The van der Waals surface area contributed by atoms with E-state index in [9.17, 15) is 4.79 Å². The molecule has 0 aromatic carbocycles. The fraction of sp³-hybridized carbons (Fsp3) is 0.500. The summed E-state index contributed by atoms with van der Waals surface area (Å²) in [5.74, 6) is 5.94. The Balaban J connectivity index is 2.73. The predicted octanol–water partition coefficient (Wildman–Crippen LogP) is 2.58. The summed E-state index contributed by atoms with van der Waals surface area (Å²) in [5, 5.41) is 11.5. The fourth-order valence-corrected chi connectivity index (χ4v) is 2.05. The van der Waals surface area contributed by atoms with Crippen molar-refractivity contribution in [2.75, 3.05) is 11.9 Å². The maximum absolute atomic E-state index is 12.2. The Morgan fingerprint density at radius 3 is 2.70 bits per heavy atom. The maximum Gasteiger partial charge on any atom is 0.228 e. The molecule has 2 N–H and O–H groups in total. The standard InChI is InChI=1S/C16H22N2O2/c1-3-6-14(7-4-2)16(20)18-15-12-13(8-5-11-19)9-10-17-15/h9-10,12,14,19H,3-4,6-7,11H2,1-2H3,(H,17,18,20). The first-order valence-electron chi connectivity index (χ1n) is 7.07. The molecule has 0 radical (unpaired) electrons. The van der Waals surface area contributed by atoms with E-state index in [2.05, 4.69) is 36.0 Å². The molecule has 0 saturated carbocycles. The van der Waals surface area contributed by atoms with Crippen LogP contribution in [0.4, 0.5) is 5.82 Å². The number of nitrogens with one attached hydrogen (secondary N) is 1. The lowest BCUT2D eigenvalue weighted by Gasteiger charge is -2.14. The van der Waals surface area contributed by atoms with Gasteiger partial charge >= 0.3 is 0 Å². The molecular weight excluding hydrogens is 252 g/mol. The van der Waals surface area contributed by atoms with Crippen LogP contribution in [-0.4, -0.2) is 22.6 Å². The molecule has 4 nitrogen and oxygen atoms in total. The molecular formula is C16H22N2O2. The summed E-state index contributed by atoms with van der Waals surface area (Å²) in [7, 11) is 0. The highest BCUT2D eigenvalue weighted by Gasteiger charge is 2.16. The summed E-state index contributed by atoms with van der Waals surface area (Å²) >= 11 is 0. The van der Waals surface area contributed by atoms with Crippen molar-refractivity contribution < 1.29 is 9.90 Å². The van der Waals surface area contributed by atoms with Crippen LogP contribution in [0.2, 0.25) is 0 Å². The first-order chi connectivity index (χ1) is 9.71. The van der Waals surface area contributed by atoms with Gasteiger partial charge in [-0.2, -0.15) is 0 Å². The third-order valence-electron chi connectivity index (χ3n) is 2.97. The Kier molecular flexibility index (Phi) is 7.38. The van der Waals surface area contributed by atoms with E-state index in [1.807, 2.05) is 0 Å². The summed E-state index contributed by atoms with van der Waals surface area (Å²) in [4.78, 5) is 16.3. The SMILES string of the molecule is CCCC(CCC)C(=O)Nc1cc(C#CCO)ccn1. The smallest absolute Gasteiger partial charge is 0.228 e. The van der Waals surface area contributed by atoms with Crippen molar-refractivity contribution in [3.63, 3.8) is 0 Å². The molecule has 1 aromatic heterocycles. The third-order valence-corrected chi connectivity index (χ3v) is 2.97. The van der Waals surface area contributed by atoms with Crippen molar-refractivity contribution in [3.05, 3.63) is 23.9 Å². The Morgan fingerprint density at radius 2 is 2.10 bits per heavy atom. The van der Waals surface area contributed by atoms with Crippen LogP contribution in [0.15, 0.2) is 18.3 Å². The summed E-state index contributed by atoms with van der Waals surface area (Å²) in [6.07, 6.45) is 5.38. The van der Waals surface area contributed by atoms with Crippen LogP contribution < -0.4 is 5.32 Å². The molecule has 4 heteroatoms. The highest BCUT2D eigenvalue weighted by molar-refractivity contribution is 5.91. The molecule has 0 aliphatic rings. The van der Waals surface area contributed by atoms with E-state index in [1.165, 1.54) is 0 Å². The van der Waals surface area contributed by atoms with Crippen molar-refractivity contribution >= 4 is 11.7 Å². The summed E-state index contributed by atoms with van der Waals surface area (Å²) in [6.45, 7) is 3.98. The monoisotopic (exact) mass is 274 g/mol. The summed E-state index contributed by atoms with van der Waals surface area (Å²) < 4.78 is 0. The van der Waals surface area contributed by atoms with Gasteiger partial charge in [0.25, 0.3) is 0 Å². The molecule has 0 saturated heterocycles. The van der Waals surface area contributed by atoms with Gasteiger partial charge in [-0.05, 0) is 25.0 Å². The van der Waals surface area contributed by atoms with Crippen LogP contribution in [0.3, 0.4) is 0 Å². The van der Waals surface area contributed by atoms with Gasteiger partial charge in [-0.25, -0.2) is 4.98 Å². The number of carbonyl (C=O) groups is 1. The lowest BCUT2D eigenvalue weighted by atomic mass is 9.97. The topological polar surface area (TPSA) is 62.2 Å². The molecule has 0 fully saturated rings. The zero-order valence-corrected chi connectivity index (χ0v) is 12.1. The second-order valence-electron chi connectivity index (χ2n) is 4.65. The van der Waals surface area contributed by atoms with Gasteiger partial charge in [0, 0.05) is 17.7 Å². The van der Waals surface area contributed by atoms with E-state index in [4.69, 9.17) is 5.11 Å². The molecule has 0 unspecified atom stereocenters. The van der Waals surface area contributed by atoms with Gasteiger partial charge in [0.05, 0.1) is 0 Å². The molecule has 0 atom stereocenters. The van der Waals surface area contributed by atoms with E-state index in [1.54, 1.807) is 18.3 Å². The van der Waals surface area contributed by atoms with E-state index in [-0.39, 0.29) is 18.4 Å². The minimum Gasteiger partial charge on any atom is -0.384 e. The number of rotatable bonds is 6. The van der Waals surface area contributed by atoms with Crippen LogP contribution >= 0.6 is 0 Å². The second kappa shape index (κ2) is 9.11. The van der Waals surface area contributed by atoms with E-state index in [0.717, 1.165) is 31.2 Å². The van der Waals surface area contributed by atoms with Crippen molar-refractivity contribution in [2.24, 2.45) is 5.92 Å². The Morgan fingerprint density at radius 1 is 1.40 bits per heavy atom. The lowest BCUT2D eigenvalue weighted by molar-refractivity contribution is -0.120. The zero-order chi connectivity index (χ0) is 14.8. The van der Waals surface area contributed by atoms with Gasteiger partial charge in [0.15, 0.2) is 0 Å². The molecule has 1 rings (SSSR count). The number of carbonyl (C=O) groups excluding carboxylic acids is 1. The number of aromatic nitrogens is 1. The Labute approximate surface area is 120 Å². The molecule has 1 amide bonds. The summed E-state index contributed by atoms with van der Waals surface area (Å²) in [6, 6.07) is 3.46. The first-order valence-corrected chi connectivity index (χ1v) is 7.07. The number of hydrogen-bond acceptors (Lipinski definition) is 3. The van der Waals surface area contributed by atoms with E-state index in [0.29, 0.717) is 5.82 Å². The number of amides is 1. The molecule has 0 aliphatic carbocycles. The quantitative estimate of drug-likeness (QED) is 0.784. The number of aliphatic hydroxyl groups is 1. The number of hydrogen-bond donors (Lipinski definition) is 2. The predicted molar refractivity (Wildman–Crippen MR) is 80.1 cm³/mol. The molecule has 108 valence electrons. The molecule has 0 aliphatic heterocycles. The van der Waals surface area contributed by atoms with E-state index < -0.39 is 0 Å². The van der Waals surface area contributed by atoms with Gasteiger partial charge in [-0.15, -0.1) is 0 Å². The average Bonchev–Trinajstić information content (AvgIpc) is 2.45.